The van der Waals surface area contributed by atoms with Crippen LogP contribution >= 0.6 is 11.3 Å². The molecule has 94 valence electrons. The zero-order valence-corrected chi connectivity index (χ0v) is 11.0. The van der Waals surface area contributed by atoms with Crippen LogP contribution in [-0.2, 0) is 4.74 Å². The van der Waals surface area contributed by atoms with Gasteiger partial charge in [-0.2, -0.15) is 0 Å². The Morgan fingerprint density at radius 3 is 2.82 bits per heavy atom. The fourth-order valence-electron chi connectivity index (χ4n) is 1.66. The number of aliphatic hydroxyl groups is 1. The number of ether oxygens (including phenoxy) is 1. The van der Waals surface area contributed by atoms with Gasteiger partial charge in [-0.25, -0.2) is 4.98 Å². The minimum Gasteiger partial charge on any atom is -0.389 e. The molecule has 2 rings (SSSR count). The molecule has 1 aliphatic heterocycles. The molecule has 1 aromatic rings. The summed E-state index contributed by atoms with van der Waals surface area (Å²) >= 11 is 1.67. The molecule has 0 radical (unpaired) electrons. The van der Waals surface area contributed by atoms with Crippen molar-refractivity contribution >= 4 is 22.5 Å². The minimum atomic E-state index is -0.414. The Balaban J connectivity index is 2.12. The quantitative estimate of drug-likeness (QED) is 0.891. The van der Waals surface area contributed by atoms with Crippen LogP contribution in [0.2, 0.25) is 0 Å². The number of aliphatic hydroxyl groups excluding tert-OH is 1. The summed E-state index contributed by atoms with van der Waals surface area (Å²) in [6, 6.07) is 0. The number of aromatic nitrogens is 1. The van der Waals surface area contributed by atoms with E-state index in [1.165, 1.54) is 0 Å². The van der Waals surface area contributed by atoms with Crippen molar-refractivity contribution < 1.29 is 9.84 Å². The second-order valence-corrected chi connectivity index (χ2v) is 5.15. The topological polar surface area (TPSA) is 45.6 Å². The Morgan fingerprint density at radius 1 is 1.47 bits per heavy atom. The van der Waals surface area contributed by atoms with Crippen molar-refractivity contribution in [1.29, 1.82) is 0 Å². The third-order valence-electron chi connectivity index (χ3n) is 2.63. The van der Waals surface area contributed by atoms with Crippen molar-refractivity contribution in [2.75, 3.05) is 31.2 Å². The van der Waals surface area contributed by atoms with E-state index in [2.05, 4.69) is 9.88 Å². The molecule has 1 aromatic heterocycles. The highest BCUT2D eigenvalue weighted by atomic mass is 32.1. The predicted molar refractivity (Wildman–Crippen MR) is 70.6 cm³/mol. The summed E-state index contributed by atoms with van der Waals surface area (Å²) in [7, 11) is 0. The maximum absolute atomic E-state index is 9.23. The molecule has 1 atom stereocenters. The van der Waals surface area contributed by atoms with Gasteiger partial charge in [-0.05, 0) is 19.9 Å². The van der Waals surface area contributed by atoms with E-state index in [0.29, 0.717) is 0 Å². The zero-order chi connectivity index (χ0) is 12.3. The molecule has 1 N–H and O–H groups in total. The average molecular weight is 254 g/mol. The summed E-state index contributed by atoms with van der Waals surface area (Å²) in [6.07, 6.45) is 3.31. The number of aryl methyl sites for hydroxylation is 1. The summed E-state index contributed by atoms with van der Waals surface area (Å²) in [4.78, 5) is 7.94. The van der Waals surface area contributed by atoms with Crippen LogP contribution in [0.5, 0.6) is 0 Å². The zero-order valence-electron chi connectivity index (χ0n) is 10.2. The van der Waals surface area contributed by atoms with E-state index < -0.39 is 6.10 Å². The van der Waals surface area contributed by atoms with Crippen molar-refractivity contribution in [3.05, 3.63) is 16.6 Å². The molecule has 1 saturated heterocycles. The molecule has 17 heavy (non-hydrogen) atoms. The predicted octanol–water partition coefficient (Wildman–Crippen LogP) is 1.68. The lowest BCUT2D eigenvalue weighted by atomic mass is 10.3. The number of thiazole rings is 1. The van der Waals surface area contributed by atoms with Crippen molar-refractivity contribution in [1.82, 2.24) is 4.98 Å². The number of morpholine rings is 1. The Kier molecular flexibility index (Phi) is 4.15. The molecule has 0 aromatic carbocycles. The van der Waals surface area contributed by atoms with Crippen LogP contribution in [0, 0.1) is 6.92 Å². The first-order valence-corrected chi connectivity index (χ1v) is 6.65. The van der Waals surface area contributed by atoms with Gasteiger partial charge >= 0.3 is 0 Å². The van der Waals surface area contributed by atoms with Crippen molar-refractivity contribution in [3.8, 4) is 0 Å². The number of anilines is 1. The van der Waals surface area contributed by atoms with Crippen LogP contribution in [0.1, 0.15) is 17.5 Å². The molecule has 1 unspecified atom stereocenters. The first kappa shape index (κ1) is 12.5. The molecule has 4 nitrogen and oxygen atoms in total. The molecule has 1 aliphatic rings. The van der Waals surface area contributed by atoms with Gasteiger partial charge in [-0.3, -0.25) is 0 Å². The van der Waals surface area contributed by atoms with Crippen molar-refractivity contribution in [3.63, 3.8) is 0 Å². The lowest BCUT2D eigenvalue weighted by molar-refractivity contribution is 0.122. The monoisotopic (exact) mass is 254 g/mol. The molecule has 0 amide bonds. The standard InChI is InChI=1S/C12H18N2O2S/c1-9(15)3-4-11-10(2)13-12(17-11)14-5-7-16-8-6-14/h3-4,9,15H,5-8H2,1-2H3/b4-3+. The van der Waals surface area contributed by atoms with E-state index in [1.807, 2.05) is 13.0 Å². The molecule has 0 bridgehead atoms. The Morgan fingerprint density at radius 2 is 2.18 bits per heavy atom. The average Bonchev–Trinajstić information content (AvgIpc) is 2.69. The Bertz CT molecular complexity index is 395. The van der Waals surface area contributed by atoms with E-state index in [0.717, 1.165) is 42.0 Å². The molecular formula is C12H18N2O2S. The molecule has 5 heteroatoms. The number of hydrogen-bond acceptors (Lipinski definition) is 5. The van der Waals surface area contributed by atoms with Crippen LogP contribution in [0.4, 0.5) is 5.13 Å². The number of rotatable bonds is 3. The van der Waals surface area contributed by atoms with Gasteiger partial charge in [0.15, 0.2) is 5.13 Å². The smallest absolute Gasteiger partial charge is 0.186 e. The van der Waals surface area contributed by atoms with E-state index in [4.69, 9.17) is 4.74 Å². The van der Waals surface area contributed by atoms with E-state index >= 15 is 0 Å². The van der Waals surface area contributed by atoms with Gasteiger partial charge in [-0.1, -0.05) is 17.4 Å². The maximum Gasteiger partial charge on any atom is 0.186 e. The summed E-state index contributed by atoms with van der Waals surface area (Å²) < 4.78 is 5.33. The minimum absolute atomic E-state index is 0.414. The molecule has 1 fully saturated rings. The molecule has 0 aliphatic carbocycles. The van der Waals surface area contributed by atoms with Crippen LogP contribution in [0.15, 0.2) is 6.08 Å². The number of hydrogen-bond donors (Lipinski definition) is 1. The van der Waals surface area contributed by atoms with Crippen LogP contribution in [0.3, 0.4) is 0 Å². The van der Waals surface area contributed by atoms with Crippen LogP contribution < -0.4 is 4.90 Å². The normalized spacial score (nSPS) is 18.9. The fraction of sp³-hybridized carbons (Fsp3) is 0.583. The first-order valence-electron chi connectivity index (χ1n) is 5.83. The summed E-state index contributed by atoms with van der Waals surface area (Å²) in [6.45, 7) is 7.12. The second kappa shape index (κ2) is 5.62. The highest BCUT2D eigenvalue weighted by Crippen LogP contribution is 2.27. The van der Waals surface area contributed by atoms with Crippen molar-refractivity contribution in [2.45, 2.75) is 20.0 Å². The van der Waals surface area contributed by atoms with Gasteiger partial charge < -0.3 is 14.7 Å². The van der Waals surface area contributed by atoms with Gasteiger partial charge in [0.1, 0.15) is 0 Å². The van der Waals surface area contributed by atoms with Crippen LogP contribution in [-0.4, -0.2) is 42.5 Å². The molecule has 0 saturated carbocycles. The van der Waals surface area contributed by atoms with Crippen molar-refractivity contribution in [2.24, 2.45) is 0 Å². The van der Waals surface area contributed by atoms with Crippen LogP contribution in [0.25, 0.3) is 6.08 Å². The Hall–Kier alpha value is -0.910. The molecule has 2 heterocycles. The van der Waals surface area contributed by atoms with Gasteiger partial charge in [0, 0.05) is 13.1 Å². The van der Waals surface area contributed by atoms with E-state index in [-0.39, 0.29) is 0 Å². The summed E-state index contributed by atoms with van der Waals surface area (Å²) in [5.74, 6) is 0. The van der Waals surface area contributed by atoms with Gasteiger partial charge in [0.05, 0.1) is 29.9 Å². The largest absolute Gasteiger partial charge is 0.389 e. The first-order chi connectivity index (χ1) is 8.16. The highest BCUT2D eigenvalue weighted by molar-refractivity contribution is 7.16. The van der Waals surface area contributed by atoms with Gasteiger partial charge in [-0.15, -0.1) is 0 Å². The van der Waals surface area contributed by atoms with E-state index in [1.54, 1.807) is 24.3 Å². The summed E-state index contributed by atoms with van der Waals surface area (Å²) in [5.41, 5.74) is 1.02. The summed E-state index contributed by atoms with van der Waals surface area (Å²) in [5, 5.41) is 10.3. The van der Waals surface area contributed by atoms with E-state index in [9.17, 15) is 5.11 Å². The maximum atomic E-state index is 9.23. The second-order valence-electron chi connectivity index (χ2n) is 4.15. The van der Waals surface area contributed by atoms with Gasteiger partial charge in [0.25, 0.3) is 0 Å². The lowest BCUT2D eigenvalue weighted by Gasteiger charge is -2.25. The lowest BCUT2D eigenvalue weighted by Crippen LogP contribution is -2.36. The third kappa shape index (κ3) is 3.28. The fourth-order valence-corrected chi connectivity index (χ4v) is 2.70. The SMILES string of the molecule is Cc1nc(N2CCOCC2)sc1/C=C/C(C)O. The Labute approximate surface area is 106 Å². The van der Waals surface area contributed by atoms with Gasteiger partial charge in [0.2, 0.25) is 0 Å². The third-order valence-corrected chi connectivity index (χ3v) is 3.81. The molecular weight excluding hydrogens is 236 g/mol. The number of nitrogens with zero attached hydrogens (tertiary/aromatic N) is 2. The highest BCUT2D eigenvalue weighted by Gasteiger charge is 2.15. The molecule has 0 spiro atoms.